The Hall–Kier alpha value is -3.76. The fraction of sp³-hybridized carbons (Fsp3) is 0.200. The van der Waals surface area contributed by atoms with Crippen molar-refractivity contribution in [2.45, 2.75) is 12.2 Å². The third-order valence-corrected chi connectivity index (χ3v) is 3.82. The predicted molar refractivity (Wildman–Crippen MR) is 98.8 cm³/mol. The summed E-state index contributed by atoms with van der Waals surface area (Å²) in [6, 6.07) is 11.0. The van der Waals surface area contributed by atoms with E-state index in [9.17, 15) is 29.4 Å². The van der Waals surface area contributed by atoms with Crippen molar-refractivity contribution in [1.82, 2.24) is 0 Å². The highest BCUT2D eigenvalue weighted by Gasteiger charge is 2.35. The fourth-order valence-corrected chi connectivity index (χ4v) is 2.13. The van der Waals surface area contributed by atoms with Crippen LogP contribution in [0.15, 0.2) is 48.5 Å². The van der Waals surface area contributed by atoms with Gasteiger partial charge in [-0.15, -0.1) is 0 Å². The van der Waals surface area contributed by atoms with Crippen LogP contribution in [-0.2, 0) is 19.1 Å². The molecule has 0 spiro atoms. The Morgan fingerprint density at radius 1 is 0.633 bits per heavy atom. The van der Waals surface area contributed by atoms with Crippen molar-refractivity contribution in [2.24, 2.45) is 0 Å². The zero-order valence-electron chi connectivity index (χ0n) is 15.9. The van der Waals surface area contributed by atoms with E-state index in [0.717, 1.165) is 0 Å². The number of ether oxygens (including phenoxy) is 4. The van der Waals surface area contributed by atoms with Gasteiger partial charge in [0.1, 0.15) is 11.5 Å². The number of methoxy groups -OCH3 is 2. The summed E-state index contributed by atoms with van der Waals surface area (Å²) in [5.41, 5.74) is -0.0776. The maximum atomic E-state index is 11.9. The van der Waals surface area contributed by atoms with Gasteiger partial charge >= 0.3 is 23.9 Å². The highest BCUT2D eigenvalue weighted by Crippen LogP contribution is 2.14. The Morgan fingerprint density at radius 2 is 0.933 bits per heavy atom. The summed E-state index contributed by atoms with van der Waals surface area (Å²) in [4.78, 5) is 47.5. The van der Waals surface area contributed by atoms with E-state index >= 15 is 0 Å². The summed E-state index contributed by atoms with van der Waals surface area (Å²) >= 11 is 0. The Balaban J connectivity index is 1.94. The lowest BCUT2D eigenvalue weighted by atomic mass is 10.2. The van der Waals surface area contributed by atoms with Gasteiger partial charge in [-0.05, 0) is 48.5 Å². The van der Waals surface area contributed by atoms with Crippen LogP contribution >= 0.6 is 0 Å². The van der Waals surface area contributed by atoms with Crippen molar-refractivity contribution in [3.63, 3.8) is 0 Å². The van der Waals surface area contributed by atoms with Crippen LogP contribution in [0.3, 0.4) is 0 Å². The van der Waals surface area contributed by atoms with Gasteiger partial charge in [-0.3, -0.25) is 0 Å². The van der Waals surface area contributed by atoms with Gasteiger partial charge in [0.25, 0.3) is 0 Å². The van der Waals surface area contributed by atoms with Gasteiger partial charge < -0.3 is 29.2 Å². The Morgan fingerprint density at radius 3 is 1.20 bits per heavy atom. The Kier molecular flexibility index (Phi) is 7.62. The molecule has 0 aliphatic rings. The van der Waals surface area contributed by atoms with Crippen LogP contribution in [0.4, 0.5) is 0 Å². The number of aliphatic hydroxyl groups is 2. The zero-order chi connectivity index (χ0) is 22.3. The summed E-state index contributed by atoms with van der Waals surface area (Å²) in [5, 5.41) is 19.5. The fourth-order valence-electron chi connectivity index (χ4n) is 2.13. The molecule has 0 aliphatic carbocycles. The Bertz CT molecular complexity index is 840. The van der Waals surface area contributed by atoms with E-state index < -0.39 is 36.1 Å². The zero-order valence-corrected chi connectivity index (χ0v) is 15.9. The number of aliphatic hydroxyl groups excluding tert-OH is 2. The number of hydrogen-bond acceptors (Lipinski definition) is 10. The molecule has 10 nitrogen and oxygen atoms in total. The molecule has 2 atom stereocenters. The molecule has 2 aromatic rings. The molecule has 0 radical (unpaired) electrons. The molecule has 0 amide bonds. The topological polar surface area (TPSA) is 146 Å². The lowest BCUT2D eigenvalue weighted by Crippen LogP contribution is -2.43. The molecule has 158 valence electrons. The van der Waals surface area contributed by atoms with E-state index in [0.29, 0.717) is 11.5 Å². The van der Waals surface area contributed by atoms with Crippen molar-refractivity contribution in [3.8, 4) is 11.5 Å². The van der Waals surface area contributed by atoms with Crippen molar-refractivity contribution in [1.29, 1.82) is 0 Å². The number of carbonyl (C=O) groups is 4. The molecule has 30 heavy (non-hydrogen) atoms. The average Bonchev–Trinajstić information content (AvgIpc) is 2.77. The molecule has 0 heterocycles. The molecule has 0 aromatic heterocycles. The van der Waals surface area contributed by atoms with Crippen molar-refractivity contribution < 1.29 is 48.3 Å². The number of carbonyl (C=O) groups excluding carboxylic acids is 4. The number of benzene rings is 2. The second-order valence-electron chi connectivity index (χ2n) is 5.76. The second-order valence-corrected chi connectivity index (χ2v) is 5.76. The standard InChI is InChI=1S/C20H18O10/c1-27-13-7-3-11(4-8-13)17(23)29-19(25)15(21)16(22)20(26)30-18(24)12-5-9-14(28-2)10-6-12/h3-10,15-16,21-22H,1-2H3/t15-,16-/m0/s1. The van der Waals surface area contributed by atoms with Crippen molar-refractivity contribution >= 4 is 23.9 Å². The van der Waals surface area contributed by atoms with E-state index in [-0.39, 0.29) is 11.1 Å². The minimum absolute atomic E-state index is 0.0388. The first-order chi connectivity index (χ1) is 14.3. The molecule has 2 rings (SSSR count). The predicted octanol–water partition coefficient (Wildman–Crippen LogP) is 0.493. The van der Waals surface area contributed by atoms with Crippen LogP contribution in [0.1, 0.15) is 20.7 Å². The van der Waals surface area contributed by atoms with Gasteiger partial charge in [0.05, 0.1) is 25.3 Å². The maximum Gasteiger partial charge on any atom is 0.346 e. The summed E-state index contributed by atoms with van der Waals surface area (Å²) < 4.78 is 18.7. The molecule has 2 aromatic carbocycles. The van der Waals surface area contributed by atoms with Crippen molar-refractivity contribution in [2.75, 3.05) is 14.2 Å². The normalized spacial score (nSPS) is 12.3. The lowest BCUT2D eigenvalue weighted by molar-refractivity contribution is -0.166. The monoisotopic (exact) mass is 418 g/mol. The number of hydrogen-bond donors (Lipinski definition) is 2. The van der Waals surface area contributed by atoms with Crippen molar-refractivity contribution in [3.05, 3.63) is 59.7 Å². The van der Waals surface area contributed by atoms with Gasteiger partial charge in [-0.2, -0.15) is 0 Å². The summed E-state index contributed by atoms with van der Waals surface area (Å²) in [7, 11) is 2.85. The first-order valence-electron chi connectivity index (χ1n) is 8.43. The van der Waals surface area contributed by atoms with E-state index in [4.69, 9.17) is 9.47 Å². The first-order valence-corrected chi connectivity index (χ1v) is 8.43. The molecule has 10 heteroatoms. The van der Waals surface area contributed by atoms with E-state index in [2.05, 4.69) is 9.47 Å². The van der Waals surface area contributed by atoms with Crippen LogP contribution in [0.25, 0.3) is 0 Å². The smallest absolute Gasteiger partial charge is 0.346 e. The minimum atomic E-state index is -2.46. The molecular formula is C20H18O10. The van der Waals surface area contributed by atoms with Gasteiger partial charge in [-0.1, -0.05) is 0 Å². The largest absolute Gasteiger partial charge is 0.497 e. The van der Waals surface area contributed by atoms with Gasteiger partial charge in [0.2, 0.25) is 0 Å². The van der Waals surface area contributed by atoms with E-state index in [1.165, 1.54) is 62.8 Å². The molecule has 0 saturated carbocycles. The van der Waals surface area contributed by atoms with Crippen LogP contribution in [-0.4, -0.2) is 60.5 Å². The molecule has 0 aliphatic heterocycles. The summed E-state index contributed by atoms with van der Waals surface area (Å²) in [6.07, 6.45) is -4.91. The van der Waals surface area contributed by atoms with E-state index in [1.54, 1.807) is 0 Å². The quantitative estimate of drug-likeness (QED) is 0.481. The van der Waals surface area contributed by atoms with Crippen LogP contribution < -0.4 is 9.47 Å². The van der Waals surface area contributed by atoms with Gasteiger partial charge in [0, 0.05) is 0 Å². The molecule has 0 saturated heterocycles. The number of rotatable bonds is 7. The third-order valence-electron chi connectivity index (χ3n) is 3.82. The SMILES string of the molecule is COc1ccc(C(=O)OC(=O)[C@@H](O)[C@H](O)C(=O)OC(=O)c2ccc(OC)cc2)cc1. The average molecular weight is 418 g/mol. The maximum absolute atomic E-state index is 11.9. The lowest BCUT2D eigenvalue weighted by Gasteiger charge is -2.14. The van der Waals surface area contributed by atoms with Crippen LogP contribution in [0.5, 0.6) is 11.5 Å². The van der Waals surface area contributed by atoms with E-state index in [1.807, 2.05) is 0 Å². The molecule has 0 bridgehead atoms. The van der Waals surface area contributed by atoms with Crippen LogP contribution in [0, 0.1) is 0 Å². The highest BCUT2D eigenvalue weighted by molar-refractivity contribution is 6.01. The third kappa shape index (κ3) is 5.63. The molecular weight excluding hydrogens is 400 g/mol. The number of esters is 4. The van der Waals surface area contributed by atoms with Gasteiger partial charge in [0.15, 0.2) is 12.2 Å². The minimum Gasteiger partial charge on any atom is -0.497 e. The van der Waals surface area contributed by atoms with Crippen LogP contribution in [0.2, 0.25) is 0 Å². The molecule has 0 fully saturated rings. The van der Waals surface area contributed by atoms with Gasteiger partial charge in [-0.25, -0.2) is 19.2 Å². The highest BCUT2D eigenvalue weighted by atomic mass is 16.6. The molecule has 2 N–H and O–H groups in total. The molecule has 0 unspecified atom stereocenters. The second kappa shape index (κ2) is 10.1. The first kappa shape index (κ1) is 22.5. The summed E-state index contributed by atoms with van der Waals surface area (Å²) in [6.45, 7) is 0. The Labute approximate surface area is 170 Å². The summed E-state index contributed by atoms with van der Waals surface area (Å²) in [5.74, 6) is -4.54.